The van der Waals surface area contributed by atoms with Crippen molar-refractivity contribution in [2.75, 3.05) is 13.2 Å². The van der Waals surface area contributed by atoms with E-state index < -0.39 is 0 Å². The number of rotatable bonds is 5. The maximum atomic E-state index is 9.64. The zero-order valence-electron chi connectivity index (χ0n) is 10.1. The van der Waals surface area contributed by atoms with E-state index >= 15 is 0 Å². The summed E-state index contributed by atoms with van der Waals surface area (Å²) in [6, 6.07) is 4.45. The lowest BCUT2D eigenvalue weighted by Crippen LogP contribution is -2.07. The van der Waals surface area contributed by atoms with Gasteiger partial charge < -0.3 is 19.7 Å². The molecule has 1 fully saturated rings. The van der Waals surface area contributed by atoms with E-state index in [0.717, 1.165) is 0 Å². The standard InChI is InChI=1S/C13H18O4/c1-8(2)6-16-7-12-13(17-12)10-5-9(14)3-4-11(10)15/h3-5,8,12-15H,6-7H2,1-2H3. The van der Waals surface area contributed by atoms with E-state index in [1.807, 2.05) is 0 Å². The number of benzene rings is 1. The molecule has 2 rings (SSSR count). The highest BCUT2D eigenvalue weighted by molar-refractivity contribution is 5.42. The summed E-state index contributed by atoms with van der Waals surface area (Å²) in [6.07, 6.45) is -0.171. The van der Waals surface area contributed by atoms with Gasteiger partial charge in [0.25, 0.3) is 0 Å². The molecule has 1 aromatic rings. The Morgan fingerprint density at radius 2 is 2.12 bits per heavy atom. The summed E-state index contributed by atoms with van der Waals surface area (Å²) in [6.45, 7) is 5.41. The number of hydrogen-bond acceptors (Lipinski definition) is 4. The van der Waals surface area contributed by atoms with Crippen LogP contribution in [0.1, 0.15) is 25.5 Å². The molecular weight excluding hydrogens is 220 g/mol. The predicted molar refractivity (Wildman–Crippen MR) is 63.0 cm³/mol. The molecule has 0 radical (unpaired) electrons. The van der Waals surface area contributed by atoms with E-state index in [1.165, 1.54) is 18.2 Å². The van der Waals surface area contributed by atoms with E-state index in [-0.39, 0.29) is 23.7 Å². The summed E-state index contributed by atoms with van der Waals surface area (Å²) in [7, 11) is 0. The van der Waals surface area contributed by atoms with Crippen LogP contribution in [0.3, 0.4) is 0 Å². The molecule has 1 heterocycles. The van der Waals surface area contributed by atoms with Crippen LogP contribution >= 0.6 is 0 Å². The molecule has 1 aromatic carbocycles. The Morgan fingerprint density at radius 1 is 1.35 bits per heavy atom. The Kier molecular flexibility index (Phi) is 3.54. The van der Waals surface area contributed by atoms with Gasteiger partial charge in [-0.15, -0.1) is 0 Å². The van der Waals surface area contributed by atoms with Crippen LogP contribution in [0, 0.1) is 5.92 Å². The molecule has 1 aliphatic heterocycles. The maximum absolute atomic E-state index is 9.64. The van der Waals surface area contributed by atoms with E-state index in [1.54, 1.807) is 0 Å². The molecule has 94 valence electrons. The molecule has 4 nitrogen and oxygen atoms in total. The average molecular weight is 238 g/mol. The molecule has 0 amide bonds. The monoisotopic (exact) mass is 238 g/mol. The van der Waals surface area contributed by atoms with Gasteiger partial charge in [-0.25, -0.2) is 0 Å². The lowest BCUT2D eigenvalue weighted by atomic mass is 10.1. The summed E-state index contributed by atoms with van der Waals surface area (Å²) in [5.74, 6) is 0.788. The van der Waals surface area contributed by atoms with Gasteiger partial charge in [-0.2, -0.15) is 0 Å². The minimum atomic E-state index is -0.158. The third-order valence-electron chi connectivity index (χ3n) is 2.63. The largest absolute Gasteiger partial charge is 0.508 e. The summed E-state index contributed by atoms with van der Waals surface area (Å²) in [5.41, 5.74) is 0.628. The van der Waals surface area contributed by atoms with Crippen molar-refractivity contribution in [2.45, 2.75) is 26.1 Å². The van der Waals surface area contributed by atoms with E-state index in [9.17, 15) is 10.2 Å². The number of phenols is 2. The van der Waals surface area contributed by atoms with Gasteiger partial charge in [0.05, 0.1) is 6.61 Å². The van der Waals surface area contributed by atoms with Crippen molar-refractivity contribution >= 4 is 0 Å². The van der Waals surface area contributed by atoms with E-state index in [0.29, 0.717) is 24.7 Å². The summed E-state index contributed by atoms with van der Waals surface area (Å²) in [4.78, 5) is 0. The van der Waals surface area contributed by atoms with Gasteiger partial charge in [0.2, 0.25) is 0 Å². The summed E-state index contributed by atoms with van der Waals surface area (Å²) in [5, 5.41) is 19.0. The van der Waals surface area contributed by atoms with E-state index in [4.69, 9.17) is 9.47 Å². The van der Waals surface area contributed by atoms with Crippen LogP contribution in [0.4, 0.5) is 0 Å². The minimum absolute atomic E-state index is 0.0125. The van der Waals surface area contributed by atoms with Crippen molar-refractivity contribution in [1.82, 2.24) is 0 Å². The van der Waals surface area contributed by atoms with Crippen molar-refractivity contribution in [2.24, 2.45) is 5.92 Å². The number of aromatic hydroxyl groups is 2. The van der Waals surface area contributed by atoms with Crippen molar-refractivity contribution in [1.29, 1.82) is 0 Å². The van der Waals surface area contributed by atoms with Crippen LogP contribution in [0.5, 0.6) is 11.5 Å². The molecule has 17 heavy (non-hydrogen) atoms. The molecule has 2 N–H and O–H groups in total. The van der Waals surface area contributed by atoms with Gasteiger partial charge in [0.1, 0.15) is 23.7 Å². The molecular formula is C13H18O4. The van der Waals surface area contributed by atoms with Crippen LogP contribution in [-0.4, -0.2) is 29.5 Å². The molecule has 0 aliphatic carbocycles. The first-order chi connectivity index (χ1) is 8.08. The third-order valence-corrected chi connectivity index (χ3v) is 2.63. The number of hydrogen-bond donors (Lipinski definition) is 2. The summed E-state index contributed by atoms with van der Waals surface area (Å²) < 4.78 is 10.9. The molecule has 2 unspecified atom stereocenters. The number of epoxide rings is 1. The van der Waals surface area contributed by atoms with Crippen LogP contribution in [0.2, 0.25) is 0 Å². The first-order valence-corrected chi connectivity index (χ1v) is 5.83. The fourth-order valence-corrected chi connectivity index (χ4v) is 1.73. The smallest absolute Gasteiger partial charge is 0.121 e. The average Bonchev–Trinajstić information content (AvgIpc) is 3.00. The fourth-order valence-electron chi connectivity index (χ4n) is 1.73. The van der Waals surface area contributed by atoms with Gasteiger partial charge in [-0.1, -0.05) is 13.8 Å². The molecule has 1 aliphatic rings. The van der Waals surface area contributed by atoms with Crippen molar-refractivity contribution in [3.8, 4) is 11.5 Å². The molecule has 0 saturated carbocycles. The fraction of sp³-hybridized carbons (Fsp3) is 0.538. The van der Waals surface area contributed by atoms with Gasteiger partial charge in [0, 0.05) is 12.2 Å². The maximum Gasteiger partial charge on any atom is 0.121 e. The summed E-state index contributed by atoms with van der Waals surface area (Å²) >= 11 is 0. The second kappa shape index (κ2) is 4.94. The van der Waals surface area contributed by atoms with Crippen molar-refractivity contribution in [3.63, 3.8) is 0 Å². The topological polar surface area (TPSA) is 62.2 Å². The minimum Gasteiger partial charge on any atom is -0.508 e. The van der Waals surface area contributed by atoms with Crippen LogP contribution < -0.4 is 0 Å². The van der Waals surface area contributed by atoms with Gasteiger partial charge >= 0.3 is 0 Å². The highest BCUT2D eigenvalue weighted by Crippen LogP contribution is 2.43. The number of phenolic OH excluding ortho intramolecular Hbond substituents is 2. The van der Waals surface area contributed by atoms with Gasteiger partial charge in [0.15, 0.2) is 0 Å². The molecule has 1 saturated heterocycles. The Morgan fingerprint density at radius 3 is 2.82 bits per heavy atom. The molecule has 2 atom stereocenters. The Labute approximate surface area is 101 Å². The second-order valence-corrected chi connectivity index (χ2v) is 4.77. The van der Waals surface area contributed by atoms with Crippen molar-refractivity contribution < 1.29 is 19.7 Å². The van der Waals surface area contributed by atoms with Gasteiger partial charge in [-0.3, -0.25) is 0 Å². The number of ether oxygens (including phenoxy) is 2. The normalized spacial score (nSPS) is 23.0. The van der Waals surface area contributed by atoms with Crippen molar-refractivity contribution in [3.05, 3.63) is 23.8 Å². The molecule has 0 aromatic heterocycles. The quantitative estimate of drug-likeness (QED) is 0.610. The van der Waals surface area contributed by atoms with Crippen LogP contribution in [-0.2, 0) is 9.47 Å². The van der Waals surface area contributed by atoms with Crippen LogP contribution in [0.15, 0.2) is 18.2 Å². The highest BCUT2D eigenvalue weighted by atomic mass is 16.6. The third kappa shape index (κ3) is 3.11. The first-order valence-electron chi connectivity index (χ1n) is 5.83. The SMILES string of the molecule is CC(C)COCC1OC1c1cc(O)ccc1O. The zero-order chi connectivity index (χ0) is 12.4. The Hall–Kier alpha value is -1.26. The lowest BCUT2D eigenvalue weighted by molar-refractivity contribution is 0.0952. The first kappa shape index (κ1) is 12.2. The lowest BCUT2D eigenvalue weighted by Gasteiger charge is -2.05. The zero-order valence-corrected chi connectivity index (χ0v) is 10.1. The molecule has 0 bridgehead atoms. The predicted octanol–water partition coefficient (Wildman–Crippen LogP) is 2.21. The highest BCUT2D eigenvalue weighted by Gasteiger charge is 2.42. The molecule has 4 heteroatoms. The molecule has 0 spiro atoms. The van der Waals surface area contributed by atoms with Crippen LogP contribution in [0.25, 0.3) is 0 Å². The van der Waals surface area contributed by atoms with E-state index in [2.05, 4.69) is 13.8 Å². The second-order valence-electron chi connectivity index (χ2n) is 4.77. The Balaban J connectivity index is 1.87. The van der Waals surface area contributed by atoms with Gasteiger partial charge in [-0.05, 0) is 24.1 Å². The Bertz CT molecular complexity index is 389.